The van der Waals surface area contributed by atoms with Crippen molar-refractivity contribution in [1.82, 2.24) is 19.3 Å². The standard InChI is InChI=1S/C12H18N4O/c1-9-8-10(16(3)14-9)11(17)4-5-12-13-6-7-15(12)2/h6-8,11,17H,4-5H2,1-3H3. The van der Waals surface area contributed by atoms with Gasteiger partial charge >= 0.3 is 0 Å². The number of nitrogens with zero attached hydrogens (tertiary/aromatic N) is 4. The van der Waals surface area contributed by atoms with Crippen LogP contribution in [0.2, 0.25) is 0 Å². The summed E-state index contributed by atoms with van der Waals surface area (Å²) in [6, 6.07) is 1.92. The maximum Gasteiger partial charge on any atom is 0.108 e. The Kier molecular flexibility index (Phi) is 3.28. The number of imidazole rings is 1. The zero-order valence-electron chi connectivity index (χ0n) is 10.5. The van der Waals surface area contributed by atoms with Crippen LogP contribution in [0, 0.1) is 6.92 Å². The molecule has 5 nitrogen and oxygen atoms in total. The van der Waals surface area contributed by atoms with Crippen molar-refractivity contribution in [3.63, 3.8) is 0 Å². The molecule has 1 atom stereocenters. The first kappa shape index (κ1) is 11.9. The van der Waals surface area contributed by atoms with Crippen LogP contribution in [0.15, 0.2) is 18.5 Å². The molecule has 2 rings (SSSR count). The molecule has 1 unspecified atom stereocenters. The second kappa shape index (κ2) is 4.71. The van der Waals surface area contributed by atoms with Gasteiger partial charge in [0.05, 0.1) is 17.5 Å². The molecule has 0 aromatic carbocycles. The zero-order valence-corrected chi connectivity index (χ0v) is 10.5. The van der Waals surface area contributed by atoms with Crippen molar-refractivity contribution in [3.8, 4) is 0 Å². The summed E-state index contributed by atoms with van der Waals surface area (Å²) < 4.78 is 3.71. The highest BCUT2D eigenvalue weighted by Gasteiger charge is 2.13. The summed E-state index contributed by atoms with van der Waals surface area (Å²) >= 11 is 0. The fourth-order valence-electron chi connectivity index (χ4n) is 1.99. The average Bonchev–Trinajstić information content (AvgIpc) is 2.81. The Balaban J connectivity index is 2.00. The average molecular weight is 234 g/mol. The van der Waals surface area contributed by atoms with E-state index in [1.807, 2.05) is 37.8 Å². The van der Waals surface area contributed by atoms with Crippen LogP contribution < -0.4 is 0 Å². The van der Waals surface area contributed by atoms with Gasteiger partial charge in [0.25, 0.3) is 0 Å². The molecule has 0 amide bonds. The summed E-state index contributed by atoms with van der Waals surface area (Å²) in [6.07, 6.45) is 4.61. The molecule has 0 fully saturated rings. The second-order valence-corrected chi connectivity index (χ2v) is 4.34. The smallest absolute Gasteiger partial charge is 0.108 e. The quantitative estimate of drug-likeness (QED) is 0.862. The first-order valence-electron chi connectivity index (χ1n) is 5.72. The van der Waals surface area contributed by atoms with E-state index >= 15 is 0 Å². The summed E-state index contributed by atoms with van der Waals surface area (Å²) in [5, 5.41) is 14.3. The minimum Gasteiger partial charge on any atom is -0.387 e. The van der Waals surface area contributed by atoms with Gasteiger partial charge in [-0.3, -0.25) is 4.68 Å². The van der Waals surface area contributed by atoms with Crippen LogP contribution in [0.4, 0.5) is 0 Å². The molecule has 0 saturated heterocycles. The Labute approximate surface area is 101 Å². The summed E-state index contributed by atoms with van der Waals surface area (Å²) in [7, 11) is 3.81. The second-order valence-electron chi connectivity index (χ2n) is 4.34. The third-order valence-corrected chi connectivity index (χ3v) is 2.94. The van der Waals surface area contributed by atoms with E-state index in [1.54, 1.807) is 10.9 Å². The Morgan fingerprint density at radius 1 is 1.41 bits per heavy atom. The van der Waals surface area contributed by atoms with E-state index in [0.717, 1.165) is 23.6 Å². The molecule has 0 radical (unpaired) electrons. The number of aryl methyl sites for hydroxylation is 4. The molecule has 5 heteroatoms. The van der Waals surface area contributed by atoms with Crippen molar-refractivity contribution < 1.29 is 5.11 Å². The van der Waals surface area contributed by atoms with Crippen molar-refractivity contribution in [1.29, 1.82) is 0 Å². The summed E-state index contributed by atoms with van der Waals surface area (Å²) in [6.45, 7) is 1.93. The van der Waals surface area contributed by atoms with E-state index in [-0.39, 0.29) is 0 Å². The molecule has 1 N–H and O–H groups in total. The highest BCUT2D eigenvalue weighted by Crippen LogP contribution is 2.18. The molecule has 2 aromatic heterocycles. The van der Waals surface area contributed by atoms with Gasteiger partial charge in [-0.25, -0.2) is 4.98 Å². The van der Waals surface area contributed by atoms with Crippen LogP contribution in [0.3, 0.4) is 0 Å². The molecule has 0 bridgehead atoms. The van der Waals surface area contributed by atoms with E-state index in [2.05, 4.69) is 10.1 Å². The van der Waals surface area contributed by atoms with Crippen molar-refractivity contribution in [2.75, 3.05) is 0 Å². The minimum absolute atomic E-state index is 0.488. The number of aliphatic hydroxyl groups is 1. The van der Waals surface area contributed by atoms with Gasteiger partial charge in [0.2, 0.25) is 0 Å². The van der Waals surface area contributed by atoms with Gasteiger partial charge < -0.3 is 9.67 Å². The normalized spacial score (nSPS) is 12.9. The molecule has 2 heterocycles. The van der Waals surface area contributed by atoms with Gasteiger partial charge in [0.15, 0.2) is 0 Å². The number of hydrogen-bond acceptors (Lipinski definition) is 3. The molecule has 0 aliphatic rings. The Morgan fingerprint density at radius 2 is 2.18 bits per heavy atom. The Bertz CT molecular complexity index is 500. The molecular weight excluding hydrogens is 216 g/mol. The van der Waals surface area contributed by atoms with Gasteiger partial charge in [-0.05, 0) is 19.4 Å². The van der Waals surface area contributed by atoms with Gasteiger partial charge in [-0.2, -0.15) is 5.10 Å². The van der Waals surface area contributed by atoms with E-state index in [9.17, 15) is 5.11 Å². The largest absolute Gasteiger partial charge is 0.387 e. The number of rotatable bonds is 4. The molecule has 17 heavy (non-hydrogen) atoms. The van der Waals surface area contributed by atoms with Crippen molar-refractivity contribution >= 4 is 0 Å². The first-order chi connectivity index (χ1) is 8.08. The lowest BCUT2D eigenvalue weighted by Gasteiger charge is -2.10. The lowest BCUT2D eigenvalue weighted by molar-refractivity contribution is 0.157. The molecular formula is C12H18N4O. The maximum absolute atomic E-state index is 10.1. The van der Waals surface area contributed by atoms with E-state index < -0.39 is 6.10 Å². The highest BCUT2D eigenvalue weighted by atomic mass is 16.3. The fraction of sp³-hybridized carbons (Fsp3) is 0.500. The zero-order chi connectivity index (χ0) is 12.4. The highest BCUT2D eigenvalue weighted by molar-refractivity contribution is 5.11. The molecule has 0 aliphatic heterocycles. The van der Waals surface area contributed by atoms with Crippen LogP contribution >= 0.6 is 0 Å². The number of aliphatic hydroxyl groups excluding tert-OH is 1. The van der Waals surface area contributed by atoms with Gasteiger partial charge in [-0.15, -0.1) is 0 Å². The monoisotopic (exact) mass is 234 g/mol. The van der Waals surface area contributed by atoms with Crippen molar-refractivity contribution in [2.24, 2.45) is 14.1 Å². The molecule has 0 saturated carbocycles. The lowest BCUT2D eigenvalue weighted by Crippen LogP contribution is -2.08. The third-order valence-electron chi connectivity index (χ3n) is 2.94. The topological polar surface area (TPSA) is 55.9 Å². The van der Waals surface area contributed by atoms with E-state index in [0.29, 0.717) is 6.42 Å². The van der Waals surface area contributed by atoms with Crippen LogP contribution in [-0.2, 0) is 20.5 Å². The minimum atomic E-state index is -0.488. The summed E-state index contributed by atoms with van der Waals surface area (Å²) in [5.41, 5.74) is 1.79. The van der Waals surface area contributed by atoms with E-state index in [1.165, 1.54) is 0 Å². The summed E-state index contributed by atoms with van der Waals surface area (Å²) in [4.78, 5) is 4.24. The predicted molar refractivity (Wildman–Crippen MR) is 64.4 cm³/mol. The number of aromatic nitrogens is 4. The van der Waals surface area contributed by atoms with Gasteiger partial charge in [0.1, 0.15) is 5.82 Å². The molecule has 0 aliphatic carbocycles. The van der Waals surface area contributed by atoms with Crippen LogP contribution in [0.25, 0.3) is 0 Å². The van der Waals surface area contributed by atoms with Gasteiger partial charge in [0, 0.05) is 32.9 Å². The van der Waals surface area contributed by atoms with Crippen molar-refractivity contribution in [3.05, 3.63) is 35.7 Å². The van der Waals surface area contributed by atoms with Crippen LogP contribution in [0.1, 0.15) is 29.7 Å². The SMILES string of the molecule is Cc1cc(C(O)CCc2nccn2C)n(C)n1. The predicted octanol–water partition coefficient (Wildman–Crippen LogP) is 1.13. The Hall–Kier alpha value is -1.62. The maximum atomic E-state index is 10.1. The third kappa shape index (κ3) is 2.55. The first-order valence-corrected chi connectivity index (χ1v) is 5.72. The van der Waals surface area contributed by atoms with Crippen LogP contribution in [-0.4, -0.2) is 24.4 Å². The molecule has 92 valence electrons. The lowest BCUT2D eigenvalue weighted by atomic mass is 10.1. The fourth-order valence-corrected chi connectivity index (χ4v) is 1.99. The van der Waals surface area contributed by atoms with Crippen LogP contribution in [0.5, 0.6) is 0 Å². The summed E-state index contributed by atoms with van der Waals surface area (Å²) in [5.74, 6) is 0.989. The van der Waals surface area contributed by atoms with Gasteiger partial charge in [-0.1, -0.05) is 0 Å². The van der Waals surface area contributed by atoms with E-state index in [4.69, 9.17) is 0 Å². The van der Waals surface area contributed by atoms with Crippen molar-refractivity contribution in [2.45, 2.75) is 25.9 Å². The molecule has 2 aromatic rings. The Morgan fingerprint density at radius 3 is 2.71 bits per heavy atom. The number of hydrogen-bond donors (Lipinski definition) is 1. The molecule has 0 spiro atoms.